The molecule has 0 amide bonds. The first kappa shape index (κ1) is 52.3. The summed E-state index contributed by atoms with van der Waals surface area (Å²) in [4.78, 5) is 9.38. The largest absolute Gasteiger partial charge is 0.301 e. The van der Waals surface area contributed by atoms with Gasteiger partial charge in [-0.05, 0) is 72.8 Å². The molecule has 0 saturated carbocycles. The van der Waals surface area contributed by atoms with Crippen molar-refractivity contribution in [1.82, 2.24) is 4.17 Å². The molecular formula is C44H33N2O7P2W+. The van der Waals surface area contributed by atoms with Gasteiger partial charge in [-0.2, -0.15) is 5.26 Å². The van der Waals surface area contributed by atoms with Gasteiger partial charge in [0, 0.05) is 21.1 Å². The Kier molecular flexibility index (Phi) is 29.5. The van der Waals surface area contributed by atoms with Gasteiger partial charge in [0.25, 0.3) is 0 Å². The number of hydrogen-bond acceptors (Lipinski definition) is 2. The molecule has 0 aromatic heterocycles. The van der Waals surface area contributed by atoms with Crippen molar-refractivity contribution < 1.29 is 54.2 Å². The Bertz CT molecular complexity index is 1880. The molecule has 56 heavy (non-hydrogen) atoms. The van der Waals surface area contributed by atoms with E-state index in [2.05, 4.69) is 215 Å². The normalized spacial score (nSPS) is 8.88. The number of benzene rings is 6. The van der Waals surface area contributed by atoms with Gasteiger partial charge in [-0.25, -0.2) is 0 Å². The fourth-order valence-corrected chi connectivity index (χ4v) is 14.8. The Morgan fingerprint density at radius 2 is 0.607 bits per heavy atom. The van der Waals surface area contributed by atoms with Crippen LogP contribution in [0.15, 0.2) is 182 Å². The van der Waals surface area contributed by atoms with Crippen LogP contribution in [0.3, 0.4) is 0 Å². The van der Waals surface area contributed by atoms with Gasteiger partial charge >= 0.3 is 76.6 Å². The third-order valence-corrected chi connectivity index (χ3v) is 15.7. The third-order valence-electron chi connectivity index (χ3n) is 7.28. The van der Waals surface area contributed by atoms with Crippen LogP contribution in [-0.4, -0.2) is 11.1 Å². The van der Waals surface area contributed by atoms with Gasteiger partial charge in [-0.15, -0.1) is 4.17 Å². The first-order valence-corrected chi connectivity index (χ1v) is 19.1. The second-order valence-corrected chi connectivity index (χ2v) is 16.5. The molecule has 0 fully saturated rings. The zero-order chi connectivity index (χ0) is 41.4. The Morgan fingerprint density at radius 3 is 0.714 bits per heavy atom. The molecule has 0 aliphatic carbocycles. The second kappa shape index (κ2) is 31.6. The fraction of sp³-hybridized carbons (Fsp3) is 0.0227. The Morgan fingerprint density at radius 1 is 0.446 bits per heavy atom. The molecule has 0 radical (unpaired) electrons. The molecule has 6 aromatic carbocycles. The average molecular weight is 948 g/mol. The molecule has 0 bridgehead atoms. The van der Waals surface area contributed by atoms with E-state index in [9.17, 15) is 4.79 Å². The van der Waals surface area contributed by atoms with Crippen LogP contribution in [0, 0.1) is 44.6 Å². The van der Waals surface area contributed by atoms with E-state index in [4.69, 9.17) is 37.8 Å². The third kappa shape index (κ3) is 14.1. The van der Waals surface area contributed by atoms with Crippen molar-refractivity contribution in [3.63, 3.8) is 0 Å². The number of aliphatic carboxylic acids is 1. The van der Waals surface area contributed by atoms with E-state index in [0.29, 0.717) is 0 Å². The minimum atomic E-state index is -2.50. The van der Waals surface area contributed by atoms with Crippen molar-refractivity contribution in [1.29, 1.82) is 5.26 Å². The minimum absolute atomic E-state index is 0. The van der Waals surface area contributed by atoms with Gasteiger partial charge in [-0.1, -0.05) is 109 Å². The molecule has 12 heteroatoms. The Hall–Kier alpha value is -5.76. The van der Waals surface area contributed by atoms with Crippen molar-refractivity contribution in [2.75, 3.05) is 0 Å². The maximum atomic E-state index is 9.38. The van der Waals surface area contributed by atoms with Crippen molar-refractivity contribution in [3.05, 3.63) is 215 Å². The number of rotatable bonds is 7. The zero-order valence-corrected chi connectivity index (χ0v) is 34.3. The molecule has 0 heterocycles. The van der Waals surface area contributed by atoms with Gasteiger partial charge in [-0.3, -0.25) is 4.79 Å². The van der Waals surface area contributed by atoms with Crippen LogP contribution in [0.25, 0.3) is 0 Å². The van der Waals surface area contributed by atoms with Crippen LogP contribution in [0.4, 0.5) is 0 Å². The van der Waals surface area contributed by atoms with E-state index < -0.39 is 26.5 Å². The van der Waals surface area contributed by atoms with Crippen molar-refractivity contribution in [3.8, 4) is 6.07 Å². The van der Waals surface area contributed by atoms with Crippen LogP contribution < -0.4 is 36.0 Å². The van der Waals surface area contributed by atoms with Gasteiger partial charge in [0.2, 0.25) is 0 Å². The standard InChI is InChI=1S/C36H30NP2.C3H3NO2.5CO.W/c1-7-19-31(20-8-1)38(32-21-9-2-10-22-32,33-23-11-3-12-24-33)37-39(34-25-13-4-14-26-34,35-27-15-5-16-28-35)36-29-17-6-18-30-36;4-2-1-3(5)6;5*1-2;/h1-30H;1H2,(H,5,6);;;;;;/q+1;;;;;;;. The SMILES string of the molecule is N#CCC(=O)O.[C-]#[O+].[C-]#[O+].[C-]#[O+].[C-]#[O+].[C-]#[O+].[W].c1ccc(P(=[N+]=P(c2ccccc2)(c2ccccc2)c2ccccc2)(c2ccccc2)c2ccccc2)cc1. The number of nitrogens with zero attached hydrogens (tertiary/aromatic N) is 2. The van der Waals surface area contributed by atoms with Crippen molar-refractivity contribution in [2.45, 2.75) is 6.42 Å². The summed E-state index contributed by atoms with van der Waals surface area (Å²) in [6, 6.07) is 67.1. The van der Waals surface area contributed by atoms with E-state index in [1.807, 2.05) is 0 Å². The van der Waals surface area contributed by atoms with Crippen LogP contribution in [-0.2, 0) is 49.1 Å². The number of carboxylic acid groups (broad SMARTS) is 1. The summed E-state index contributed by atoms with van der Waals surface area (Å²) in [5.41, 5.74) is 0. The minimum Gasteiger partial charge on any atom is -0.148 e. The molecule has 1 N–H and O–H groups in total. The monoisotopic (exact) mass is 947 g/mol. The van der Waals surface area contributed by atoms with Gasteiger partial charge in [0.1, 0.15) is 6.42 Å². The number of nitriles is 1. The van der Waals surface area contributed by atoms with E-state index >= 15 is 0 Å². The number of hydrogen-bond donors (Lipinski definition) is 1. The summed E-state index contributed by atoms with van der Waals surface area (Å²) in [6.45, 7) is 22.5. The predicted molar refractivity (Wildman–Crippen MR) is 210 cm³/mol. The molecule has 0 atom stereocenters. The molecule has 0 aliphatic rings. The van der Waals surface area contributed by atoms with Gasteiger partial charge < -0.3 is 5.11 Å². The van der Waals surface area contributed by atoms with Crippen LogP contribution in [0.1, 0.15) is 6.42 Å². The van der Waals surface area contributed by atoms with Crippen LogP contribution >= 0.6 is 14.1 Å². The van der Waals surface area contributed by atoms with Crippen LogP contribution in [0.5, 0.6) is 0 Å². The molecule has 6 rings (SSSR count). The maximum Gasteiger partial charge on any atom is 0.301 e. The summed E-state index contributed by atoms with van der Waals surface area (Å²) in [5.74, 6) is -1.07. The quantitative estimate of drug-likeness (QED) is 0.0870. The van der Waals surface area contributed by atoms with E-state index in [-0.39, 0.29) is 21.1 Å². The first-order chi connectivity index (χ1) is 27.1. The summed E-state index contributed by atoms with van der Waals surface area (Å²) >= 11 is 0. The predicted octanol–water partition coefficient (Wildman–Crippen LogP) is 6.20. The summed E-state index contributed by atoms with van der Waals surface area (Å²) < 4.78 is 43.9. The second-order valence-electron chi connectivity index (χ2n) is 10.1. The van der Waals surface area contributed by atoms with Crippen LogP contribution in [0.2, 0.25) is 0 Å². The summed E-state index contributed by atoms with van der Waals surface area (Å²) in [6.07, 6.45) is -0.403. The van der Waals surface area contributed by atoms with Gasteiger partial charge in [0.05, 0.1) is 37.9 Å². The number of carboxylic acids is 1. The van der Waals surface area contributed by atoms with Gasteiger partial charge in [0.15, 0.2) is 0 Å². The first-order valence-electron chi connectivity index (χ1n) is 15.6. The Balaban J connectivity index is 0. The molecule has 9 nitrogen and oxygen atoms in total. The fourth-order valence-electron chi connectivity index (χ4n) is 5.34. The van der Waals surface area contributed by atoms with Crippen molar-refractivity contribution >= 4 is 51.9 Å². The van der Waals surface area contributed by atoms with E-state index in [1.54, 1.807) is 0 Å². The zero-order valence-electron chi connectivity index (χ0n) is 29.6. The van der Waals surface area contributed by atoms with E-state index in [1.165, 1.54) is 37.9 Å². The topological polar surface area (TPSA) is 175 Å². The molecule has 276 valence electrons. The van der Waals surface area contributed by atoms with Crippen molar-refractivity contribution in [2.24, 2.45) is 0 Å². The molecule has 0 spiro atoms. The maximum absolute atomic E-state index is 9.38. The number of carbonyl (C=O) groups is 1. The van der Waals surface area contributed by atoms with E-state index in [0.717, 1.165) is 0 Å². The molecular weight excluding hydrogens is 914 g/mol. The molecule has 6 aromatic rings. The smallest absolute Gasteiger partial charge is 0.148 e. The molecule has 0 aliphatic heterocycles. The summed E-state index contributed by atoms with van der Waals surface area (Å²) in [5, 5.41) is 22.8. The Labute approximate surface area is 341 Å². The molecule has 0 saturated heterocycles. The molecule has 0 unspecified atom stereocenters. The average Bonchev–Trinajstić information content (AvgIpc) is 3.30. The summed E-state index contributed by atoms with van der Waals surface area (Å²) in [7, 11) is -4.99.